The van der Waals surface area contributed by atoms with Gasteiger partial charge in [0.1, 0.15) is 17.2 Å². The highest BCUT2D eigenvalue weighted by Gasteiger charge is 2.29. The van der Waals surface area contributed by atoms with Crippen LogP contribution in [0.2, 0.25) is 0 Å². The van der Waals surface area contributed by atoms with E-state index in [0.717, 1.165) is 35.5 Å². The van der Waals surface area contributed by atoms with Gasteiger partial charge in [0.25, 0.3) is 0 Å². The van der Waals surface area contributed by atoms with E-state index in [1.165, 1.54) is 25.0 Å². The topological polar surface area (TPSA) is 25.2 Å². The summed E-state index contributed by atoms with van der Waals surface area (Å²) in [7, 11) is 2.02. The van der Waals surface area contributed by atoms with Crippen molar-refractivity contribution in [1.29, 1.82) is 0 Å². The average Bonchev–Trinajstić information content (AvgIpc) is 3.10. The average molecular weight is 247 g/mol. The molecule has 0 amide bonds. The molecule has 0 aliphatic heterocycles. The molecule has 0 spiro atoms. The van der Waals surface area contributed by atoms with E-state index in [-0.39, 0.29) is 5.82 Å². The lowest BCUT2D eigenvalue weighted by molar-refractivity contribution is 0.444. The minimum atomic E-state index is -0.207. The highest BCUT2D eigenvalue weighted by atomic mass is 19.1. The first-order chi connectivity index (χ1) is 8.76. The normalized spacial score (nSPS) is 17.2. The molecule has 1 aliphatic carbocycles. The largest absolute Gasteiger partial charge is 0.461 e. The first-order valence-electron chi connectivity index (χ1n) is 6.61. The maximum absolute atomic E-state index is 13.1. The quantitative estimate of drug-likeness (QED) is 0.874. The number of aryl methyl sites for hydroxylation is 1. The van der Waals surface area contributed by atoms with Crippen LogP contribution in [-0.4, -0.2) is 13.1 Å². The molecule has 1 aromatic heterocycles. The van der Waals surface area contributed by atoms with Gasteiger partial charge in [-0.25, -0.2) is 4.39 Å². The zero-order valence-electron chi connectivity index (χ0n) is 10.6. The summed E-state index contributed by atoms with van der Waals surface area (Å²) >= 11 is 0. The molecule has 3 rings (SSSR count). The van der Waals surface area contributed by atoms with E-state index in [1.54, 1.807) is 6.07 Å². The van der Waals surface area contributed by atoms with E-state index < -0.39 is 0 Å². The third-order valence-corrected chi connectivity index (χ3v) is 3.79. The predicted octanol–water partition coefficient (Wildman–Crippen LogP) is 3.50. The van der Waals surface area contributed by atoms with Gasteiger partial charge in [0.2, 0.25) is 0 Å². The molecule has 0 radical (unpaired) electrons. The molecule has 3 heteroatoms. The number of benzene rings is 1. The molecule has 0 bridgehead atoms. The smallest absolute Gasteiger partial charge is 0.134 e. The van der Waals surface area contributed by atoms with Crippen molar-refractivity contribution in [1.82, 2.24) is 5.32 Å². The van der Waals surface area contributed by atoms with E-state index in [9.17, 15) is 4.39 Å². The van der Waals surface area contributed by atoms with Crippen molar-refractivity contribution in [2.75, 3.05) is 7.05 Å². The van der Waals surface area contributed by atoms with Crippen LogP contribution in [0.1, 0.15) is 25.0 Å². The summed E-state index contributed by atoms with van der Waals surface area (Å²) in [5, 5.41) is 4.23. The number of furan rings is 1. The summed E-state index contributed by atoms with van der Waals surface area (Å²) < 4.78 is 18.8. The molecule has 1 atom stereocenters. The van der Waals surface area contributed by atoms with Gasteiger partial charge in [-0.3, -0.25) is 0 Å². The summed E-state index contributed by atoms with van der Waals surface area (Å²) in [5.74, 6) is 1.59. The van der Waals surface area contributed by atoms with Gasteiger partial charge in [0.15, 0.2) is 0 Å². The Hall–Kier alpha value is -1.35. The molecule has 96 valence electrons. The molecular weight excluding hydrogens is 229 g/mol. The van der Waals surface area contributed by atoms with Crippen molar-refractivity contribution in [3.63, 3.8) is 0 Å². The first-order valence-corrected chi connectivity index (χ1v) is 6.61. The van der Waals surface area contributed by atoms with Crippen molar-refractivity contribution < 1.29 is 8.81 Å². The van der Waals surface area contributed by atoms with Crippen molar-refractivity contribution in [2.24, 2.45) is 5.92 Å². The number of hydrogen-bond acceptors (Lipinski definition) is 2. The van der Waals surface area contributed by atoms with Crippen LogP contribution >= 0.6 is 0 Å². The third-order valence-electron chi connectivity index (χ3n) is 3.79. The summed E-state index contributed by atoms with van der Waals surface area (Å²) in [5.41, 5.74) is 0.777. The van der Waals surface area contributed by atoms with E-state index in [2.05, 4.69) is 5.32 Å². The van der Waals surface area contributed by atoms with E-state index in [0.29, 0.717) is 6.04 Å². The number of nitrogens with one attached hydrogen (secondary N) is 1. The molecule has 2 aromatic rings. The summed E-state index contributed by atoms with van der Waals surface area (Å²) in [6, 6.07) is 7.22. The zero-order chi connectivity index (χ0) is 12.5. The molecule has 1 N–H and O–H groups in total. The van der Waals surface area contributed by atoms with Crippen molar-refractivity contribution in [3.05, 3.63) is 35.8 Å². The Morgan fingerprint density at radius 3 is 2.94 bits per heavy atom. The molecule has 1 aromatic carbocycles. The van der Waals surface area contributed by atoms with Crippen molar-refractivity contribution in [3.8, 4) is 0 Å². The monoisotopic (exact) mass is 247 g/mol. The Bertz CT molecular complexity index is 544. The molecular formula is C15H18FNO. The standard InChI is InChI=1S/C15H18FNO/c1-17-14(10-2-3-10)6-5-13-9-11-8-12(16)4-7-15(11)18-13/h4,7-10,14,17H,2-3,5-6H2,1H3. The number of rotatable bonds is 5. The third kappa shape index (κ3) is 2.41. The fourth-order valence-corrected chi connectivity index (χ4v) is 2.60. The molecule has 0 saturated heterocycles. The van der Waals surface area contributed by atoms with Crippen LogP contribution < -0.4 is 5.32 Å². The van der Waals surface area contributed by atoms with Gasteiger partial charge in [0.05, 0.1) is 0 Å². The molecule has 1 fully saturated rings. The molecule has 2 nitrogen and oxygen atoms in total. The maximum atomic E-state index is 13.1. The number of fused-ring (bicyclic) bond motifs is 1. The van der Waals surface area contributed by atoms with Gasteiger partial charge in [-0.15, -0.1) is 0 Å². The lowest BCUT2D eigenvalue weighted by Crippen LogP contribution is -2.27. The fourth-order valence-electron chi connectivity index (χ4n) is 2.60. The summed E-state index contributed by atoms with van der Waals surface area (Å²) in [4.78, 5) is 0. The van der Waals surface area contributed by atoms with Crippen molar-refractivity contribution in [2.45, 2.75) is 31.7 Å². The highest BCUT2D eigenvalue weighted by molar-refractivity contribution is 5.77. The van der Waals surface area contributed by atoms with Gasteiger partial charge < -0.3 is 9.73 Å². The van der Waals surface area contributed by atoms with Crippen LogP contribution in [-0.2, 0) is 6.42 Å². The van der Waals surface area contributed by atoms with E-state index in [4.69, 9.17) is 4.42 Å². The Morgan fingerprint density at radius 2 is 2.22 bits per heavy atom. The van der Waals surface area contributed by atoms with Crippen LogP contribution in [0, 0.1) is 11.7 Å². The molecule has 18 heavy (non-hydrogen) atoms. The van der Waals surface area contributed by atoms with Crippen LogP contribution in [0.5, 0.6) is 0 Å². The van der Waals surface area contributed by atoms with Gasteiger partial charge in [-0.05, 0) is 56.5 Å². The van der Waals surface area contributed by atoms with E-state index in [1.807, 2.05) is 13.1 Å². The SMILES string of the molecule is CNC(CCc1cc2cc(F)ccc2o1)C1CC1. The Balaban J connectivity index is 1.70. The lowest BCUT2D eigenvalue weighted by atomic mass is 10.1. The Morgan fingerprint density at radius 1 is 1.39 bits per heavy atom. The number of hydrogen-bond donors (Lipinski definition) is 1. The van der Waals surface area contributed by atoms with Crippen molar-refractivity contribution >= 4 is 11.0 Å². The van der Waals surface area contributed by atoms with Gasteiger partial charge in [-0.2, -0.15) is 0 Å². The number of halogens is 1. The molecule has 1 unspecified atom stereocenters. The van der Waals surface area contributed by atoms with Crippen LogP contribution in [0.4, 0.5) is 4.39 Å². The lowest BCUT2D eigenvalue weighted by Gasteiger charge is -2.13. The van der Waals surface area contributed by atoms with Crippen LogP contribution in [0.3, 0.4) is 0 Å². The Labute approximate surface area is 106 Å². The second-order valence-electron chi connectivity index (χ2n) is 5.17. The Kier molecular flexibility index (Phi) is 3.08. The molecule has 1 saturated carbocycles. The van der Waals surface area contributed by atoms with Crippen LogP contribution in [0.25, 0.3) is 11.0 Å². The molecule has 1 heterocycles. The zero-order valence-corrected chi connectivity index (χ0v) is 10.6. The minimum absolute atomic E-state index is 0.207. The maximum Gasteiger partial charge on any atom is 0.134 e. The summed E-state index contributed by atoms with van der Waals surface area (Å²) in [6.45, 7) is 0. The second kappa shape index (κ2) is 4.73. The fraction of sp³-hybridized carbons (Fsp3) is 0.467. The predicted molar refractivity (Wildman–Crippen MR) is 70.1 cm³/mol. The summed E-state index contributed by atoms with van der Waals surface area (Å²) in [6.07, 6.45) is 4.69. The highest BCUT2D eigenvalue weighted by Crippen LogP contribution is 2.34. The minimum Gasteiger partial charge on any atom is -0.461 e. The van der Waals surface area contributed by atoms with Gasteiger partial charge in [-0.1, -0.05) is 0 Å². The van der Waals surface area contributed by atoms with E-state index >= 15 is 0 Å². The second-order valence-corrected chi connectivity index (χ2v) is 5.17. The van der Waals surface area contributed by atoms with Gasteiger partial charge in [0, 0.05) is 17.8 Å². The molecule has 1 aliphatic rings. The van der Waals surface area contributed by atoms with Gasteiger partial charge >= 0.3 is 0 Å². The van der Waals surface area contributed by atoms with Crippen LogP contribution in [0.15, 0.2) is 28.7 Å². The first kappa shape index (κ1) is 11.7.